The highest BCUT2D eigenvalue weighted by molar-refractivity contribution is 6.02. The van der Waals surface area contributed by atoms with E-state index >= 15 is 0 Å². The molecule has 0 spiro atoms. The summed E-state index contributed by atoms with van der Waals surface area (Å²) in [4.78, 5) is 31.4. The SMILES string of the molecule is C[C@@H]1CC(=O)Nc2cccc(-c3ccc4c(c3)c(-c3cnn(C)c3)nn4CCOCc3ncc(C(=O)O)cn3)c2N1. The predicted molar refractivity (Wildman–Crippen MR) is 152 cm³/mol. The fourth-order valence-electron chi connectivity index (χ4n) is 4.96. The van der Waals surface area contributed by atoms with E-state index in [1.165, 1.54) is 12.4 Å². The average molecular weight is 553 g/mol. The van der Waals surface area contributed by atoms with Crippen LogP contribution in [0.5, 0.6) is 0 Å². The van der Waals surface area contributed by atoms with Crippen LogP contribution in [0.1, 0.15) is 29.5 Å². The zero-order chi connectivity index (χ0) is 28.5. The van der Waals surface area contributed by atoms with E-state index in [9.17, 15) is 9.59 Å². The van der Waals surface area contributed by atoms with Crippen LogP contribution in [0.2, 0.25) is 0 Å². The van der Waals surface area contributed by atoms with Gasteiger partial charge in [0, 0.05) is 54.6 Å². The number of aromatic nitrogens is 6. The van der Waals surface area contributed by atoms with Gasteiger partial charge in [-0.15, -0.1) is 0 Å². The van der Waals surface area contributed by atoms with Crippen LogP contribution in [-0.2, 0) is 29.7 Å². The van der Waals surface area contributed by atoms with Gasteiger partial charge in [0.2, 0.25) is 5.91 Å². The Hall–Kier alpha value is -5.10. The summed E-state index contributed by atoms with van der Waals surface area (Å²) in [5, 5.41) is 25.8. The predicted octanol–water partition coefficient (Wildman–Crippen LogP) is 3.95. The lowest BCUT2D eigenvalue weighted by molar-refractivity contribution is -0.116. The minimum Gasteiger partial charge on any atom is -0.478 e. The van der Waals surface area contributed by atoms with Crippen LogP contribution in [0.4, 0.5) is 11.4 Å². The van der Waals surface area contributed by atoms with Crippen LogP contribution in [0, 0.1) is 0 Å². The molecule has 0 radical (unpaired) electrons. The van der Waals surface area contributed by atoms with Crippen LogP contribution in [0.3, 0.4) is 0 Å². The number of aromatic carboxylic acids is 1. The van der Waals surface area contributed by atoms with Gasteiger partial charge >= 0.3 is 5.97 Å². The van der Waals surface area contributed by atoms with E-state index in [2.05, 4.69) is 37.8 Å². The van der Waals surface area contributed by atoms with Gasteiger partial charge in [0.1, 0.15) is 12.3 Å². The van der Waals surface area contributed by atoms with Gasteiger partial charge in [0.05, 0.1) is 41.8 Å². The molecule has 6 rings (SSSR count). The highest BCUT2D eigenvalue weighted by Crippen LogP contribution is 2.39. The molecule has 4 heterocycles. The van der Waals surface area contributed by atoms with Crippen molar-refractivity contribution in [2.75, 3.05) is 17.2 Å². The van der Waals surface area contributed by atoms with Gasteiger partial charge in [0.15, 0.2) is 5.82 Å². The quantitative estimate of drug-likeness (QED) is 0.243. The number of ether oxygens (including phenoxy) is 1. The van der Waals surface area contributed by atoms with E-state index in [1.54, 1.807) is 10.9 Å². The molecule has 1 atom stereocenters. The molecule has 0 saturated heterocycles. The number of carboxylic acid groups (broad SMARTS) is 1. The number of amides is 1. The maximum atomic E-state index is 12.3. The number of benzene rings is 2. The third-order valence-corrected chi connectivity index (χ3v) is 6.89. The normalized spacial score (nSPS) is 14.8. The lowest BCUT2D eigenvalue weighted by Gasteiger charge is -2.17. The van der Waals surface area contributed by atoms with Gasteiger partial charge in [-0.05, 0) is 30.7 Å². The summed E-state index contributed by atoms with van der Waals surface area (Å²) in [6.45, 7) is 2.98. The minimum atomic E-state index is -1.07. The number of nitrogens with zero attached hydrogens (tertiary/aromatic N) is 6. The van der Waals surface area contributed by atoms with Gasteiger partial charge < -0.3 is 20.5 Å². The zero-order valence-corrected chi connectivity index (χ0v) is 22.5. The van der Waals surface area contributed by atoms with E-state index in [-0.39, 0.29) is 24.1 Å². The summed E-state index contributed by atoms with van der Waals surface area (Å²) in [6.07, 6.45) is 6.65. The van der Waals surface area contributed by atoms with Gasteiger partial charge in [-0.1, -0.05) is 18.2 Å². The minimum absolute atomic E-state index is 0.00431. The van der Waals surface area contributed by atoms with E-state index in [1.807, 2.05) is 49.1 Å². The van der Waals surface area contributed by atoms with Gasteiger partial charge in [-0.2, -0.15) is 10.2 Å². The average Bonchev–Trinajstić information content (AvgIpc) is 3.50. The van der Waals surface area contributed by atoms with Crippen molar-refractivity contribution >= 4 is 34.2 Å². The highest BCUT2D eigenvalue weighted by Gasteiger charge is 2.21. The van der Waals surface area contributed by atoms with Gasteiger partial charge in [0.25, 0.3) is 0 Å². The summed E-state index contributed by atoms with van der Waals surface area (Å²) in [5.74, 6) is -0.680. The van der Waals surface area contributed by atoms with E-state index in [4.69, 9.17) is 14.9 Å². The summed E-state index contributed by atoms with van der Waals surface area (Å²) in [5.41, 5.74) is 6.31. The monoisotopic (exact) mass is 552 g/mol. The molecule has 41 heavy (non-hydrogen) atoms. The summed E-state index contributed by atoms with van der Waals surface area (Å²) in [7, 11) is 1.87. The number of carbonyl (C=O) groups is 2. The maximum absolute atomic E-state index is 12.3. The molecule has 5 aromatic rings. The fourth-order valence-corrected chi connectivity index (χ4v) is 4.96. The number of nitrogens with one attached hydrogen (secondary N) is 2. The van der Waals surface area contributed by atoms with E-state index in [0.29, 0.717) is 25.4 Å². The van der Waals surface area contributed by atoms with Crippen molar-refractivity contribution in [2.45, 2.75) is 32.5 Å². The Kier molecular flexibility index (Phi) is 6.89. The lowest BCUT2D eigenvalue weighted by atomic mass is 9.99. The Labute approximate surface area is 235 Å². The maximum Gasteiger partial charge on any atom is 0.338 e. The van der Waals surface area contributed by atoms with Crippen molar-refractivity contribution < 1.29 is 19.4 Å². The first-order valence-electron chi connectivity index (χ1n) is 13.2. The molecular formula is C29H28N8O4. The van der Waals surface area contributed by atoms with Gasteiger partial charge in [-0.25, -0.2) is 14.8 Å². The third kappa shape index (κ3) is 5.37. The first-order chi connectivity index (χ1) is 19.9. The first-order valence-corrected chi connectivity index (χ1v) is 13.2. The van der Waals surface area contributed by atoms with Crippen LogP contribution < -0.4 is 10.6 Å². The van der Waals surface area contributed by atoms with Crippen molar-refractivity contribution in [1.29, 1.82) is 0 Å². The Bertz CT molecular complexity index is 1760. The molecule has 1 aliphatic rings. The third-order valence-electron chi connectivity index (χ3n) is 6.89. The number of fused-ring (bicyclic) bond motifs is 2. The Morgan fingerprint density at radius 3 is 2.73 bits per heavy atom. The van der Waals surface area contributed by atoms with Crippen LogP contribution >= 0.6 is 0 Å². The van der Waals surface area contributed by atoms with E-state index in [0.717, 1.165) is 44.7 Å². The fraction of sp³-hybridized carbons (Fsp3) is 0.241. The molecular weight excluding hydrogens is 524 g/mol. The number of para-hydroxylation sites is 1. The summed E-state index contributed by atoms with van der Waals surface area (Å²) < 4.78 is 9.43. The molecule has 2 aromatic carbocycles. The number of aryl methyl sites for hydroxylation is 1. The number of hydrogen-bond donors (Lipinski definition) is 3. The lowest BCUT2D eigenvalue weighted by Crippen LogP contribution is -2.19. The number of carboxylic acids is 1. The second kappa shape index (κ2) is 10.8. The zero-order valence-electron chi connectivity index (χ0n) is 22.5. The molecule has 0 aliphatic carbocycles. The molecule has 12 nitrogen and oxygen atoms in total. The second-order valence-corrected chi connectivity index (χ2v) is 9.98. The largest absolute Gasteiger partial charge is 0.478 e. The van der Waals surface area contributed by atoms with Crippen molar-refractivity contribution in [3.05, 3.63) is 72.6 Å². The topological polar surface area (TPSA) is 149 Å². The number of anilines is 2. The number of hydrogen-bond acceptors (Lipinski definition) is 8. The Balaban J connectivity index is 1.30. The van der Waals surface area contributed by atoms with Crippen molar-refractivity contribution in [3.63, 3.8) is 0 Å². The van der Waals surface area contributed by atoms with Crippen molar-refractivity contribution in [1.82, 2.24) is 29.5 Å². The smallest absolute Gasteiger partial charge is 0.338 e. The molecule has 1 aliphatic heterocycles. The molecule has 208 valence electrons. The van der Waals surface area contributed by atoms with Crippen molar-refractivity contribution in [2.24, 2.45) is 7.05 Å². The molecule has 12 heteroatoms. The number of carbonyl (C=O) groups excluding carboxylic acids is 1. The van der Waals surface area contributed by atoms with Crippen LogP contribution in [-0.4, -0.2) is 59.2 Å². The molecule has 3 N–H and O–H groups in total. The molecule has 0 unspecified atom stereocenters. The van der Waals surface area contributed by atoms with Crippen LogP contribution in [0.25, 0.3) is 33.3 Å². The Morgan fingerprint density at radius 2 is 1.98 bits per heavy atom. The van der Waals surface area contributed by atoms with Crippen molar-refractivity contribution in [3.8, 4) is 22.4 Å². The van der Waals surface area contributed by atoms with Gasteiger partial charge in [-0.3, -0.25) is 14.2 Å². The molecule has 0 saturated carbocycles. The summed E-state index contributed by atoms with van der Waals surface area (Å²) >= 11 is 0. The highest BCUT2D eigenvalue weighted by atomic mass is 16.5. The first kappa shape index (κ1) is 26.1. The van der Waals surface area contributed by atoms with Crippen LogP contribution in [0.15, 0.2) is 61.2 Å². The standard InChI is InChI=1S/C29H28N8O4/c1-17-10-26(38)34-23-5-3-4-21(28(23)33-17)18-6-7-24-22(11-18)27(20-14-32-36(2)15-20)35-37(24)8-9-41-16-25-30-12-19(13-31-25)29(39)40/h3-7,11-15,17,33H,8-10,16H2,1-2H3,(H,34,38)(H,39,40)/t17-/m1/s1. The second-order valence-electron chi connectivity index (χ2n) is 9.98. The molecule has 3 aromatic heterocycles. The molecule has 0 bridgehead atoms. The molecule has 0 fully saturated rings. The summed E-state index contributed by atoms with van der Waals surface area (Å²) in [6, 6.07) is 12.1. The number of rotatable bonds is 8. The molecule has 1 amide bonds. The Morgan fingerprint density at radius 1 is 1.15 bits per heavy atom. The van der Waals surface area contributed by atoms with E-state index < -0.39 is 5.97 Å².